The third kappa shape index (κ3) is 1.44. The molecule has 0 aromatic carbocycles. The van der Waals surface area contributed by atoms with Crippen molar-refractivity contribution in [3.05, 3.63) is 17.7 Å². The van der Waals surface area contributed by atoms with Crippen LogP contribution >= 0.6 is 11.9 Å². The average molecular weight is 198 g/mol. The monoisotopic (exact) mass is 198 g/mol. The van der Waals surface area contributed by atoms with Crippen LogP contribution in [0.2, 0.25) is 0 Å². The van der Waals surface area contributed by atoms with Crippen molar-refractivity contribution in [3.8, 4) is 0 Å². The molecule has 1 aliphatic rings. The number of aryl methyl sites for hydroxylation is 1. The number of rotatable bonds is 2. The molecule has 0 saturated carbocycles. The number of hydrogen-bond donors (Lipinski definition) is 0. The quantitative estimate of drug-likeness (QED) is 0.668. The van der Waals surface area contributed by atoms with Gasteiger partial charge in [0.15, 0.2) is 5.69 Å². The zero-order chi connectivity index (χ0) is 9.26. The highest BCUT2D eigenvalue weighted by molar-refractivity contribution is 7.98. The van der Waals surface area contributed by atoms with Crippen molar-refractivity contribution in [2.75, 3.05) is 12.4 Å². The normalized spacial score (nSPS) is 14.2. The molecule has 1 aromatic rings. The smallest absolute Gasteiger partial charge is 0.357 e. The van der Waals surface area contributed by atoms with Gasteiger partial charge in [0, 0.05) is 12.2 Å². The first-order valence-corrected chi connectivity index (χ1v) is 5.14. The van der Waals surface area contributed by atoms with Gasteiger partial charge in [-0.05, 0) is 18.9 Å². The van der Waals surface area contributed by atoms with Gasteiger partial charge in [-0.3, -0.25) is 3.97 Å². The highest BCUT2D eigenvalue weighted by atomic mass is 32.2. The van der Waals surface area contributed by atoms with Gasteiger partial charge >= 0.3 is 5.97 Å². The highest BCUT2D eigenvalue weighted by Crippen LogP contribution is 2.23. The van der Waals surface area contributed by atoms with Crippen LogP contribution < -0.4 is 0 Å². The average Bonchev–Trinajstić information content (AvgIpc) is 2.62. The van der Waals surface area contributed by atoms with Crippen molar-refractivity contribution in [1.82, 2.24) is 8.96 Å². The molecule has 0 bridgehead atoms. The number of fused-ring (bicyclic) bond motifs is 1. The molecule has 0 radical (unpaired) electrons. The third-order valence-electron chi connectivity index (χ3n) is 1.82. The molecule has 0 saturated heterocycles. The van der Waals surface area contributed by atoms with Gasteiger partial charge < -0.3 is 4.74 Å². The van der Waals surface area contributed by atoms with Gasteiger partial charge in [-0.1, -0.05) is 0 Å². The molecule has 1 aromatic heterocycles. The third-order valence-corrected chi connectivity index (χ3v) is 2.87. The maximum absolute atomic E-state index is 11.4. The second-order valence-electron chi connectivity index (χ2n) is 2.66. The van der Waals surface area contributed by atoms with Crippen molar-refractivity contribution >= 4 is 17.9 Å². The van der Waals surface area contributed by atoms with Crippen LogP contribution in [-0.4, -0.2) is 27.3 Å². The van der Waals surface area contributed by atoms with Crippen molar-refractivity contribution in [3.63, 3.8) is 0 Å². The second kappa shape index (κ2) is 3.41. The number of carbonyl (C=O) groups is 1. The summed E-state index contributed by atoms with van der Waals surface area (Å²) in [6.07, 6.45) is 2.52. The summed E-state index contributed by atoms with van der Waals surface area (Å²) in [6, 6.07) is 0. The standard InChI is InChI=1S/C8H10N2O2S/c1-2-12-8(11)6-5-9-7-3-4-13-10(6)7/h5H,2-4H2,1H3. The molecular formula is C8H10N2O2S. The Labute approximate surface area is 80.4 Å². The van der Waals surface area contributed by atoms with Gasteiger partial charge in [0.05, 0.1) is 12.8 Å². The van der Waals surface area contributed by atoms with Crippen LogP contribution in [0.5, 0.6) is 0 Å². The van der Waals surface area contributed by atoms with E-state index >= 15 is 0 Å². The molecule has 1 aliphatic heterocycles. The van der Waals surface area contributed by atoms with E-state index in [4.69, 9.17) is 4.74 Å². The molecule has 0 fully saturated rings. The van der Waals surface area contributed by atoms with Gasteiger partial charge in [-0.25, -0.2) is 9.78 Å². The lowest BCUT2D eigenvalue weighted by atomic mass is 10.5. The zero-order valence-electron chi connectivity index (χ0n) is 7.32. The summed E-state index contributed by atoms with van der Waals surface area (Å²) < 4.78 is 6.76. The summed E-state index contributed by atoms with van der Waals surface area (Å²) in [5.41, 5.74) is 0.555. The van der Waals surface area contributed by atoms with E-state index in [-0.39, 0.29) is 5.97 Å². The van der Waals surface area contributed by atoms with Crippen LogP contribution in [0, 0.1) is 0 Å². The van der Waals surface area contributed by atoms with Crippen molar-refractivity contribution < 1.29 is 9.53 Å². The summed E-state index contributed by atoms with van der Waals surface area (Å²) in [7, 11) is 0. The summed E-state index contributed by atoms with van der Waals surface area (Å²) in [4.78, 5) is 15.5. The van der Waals surface area contributed by atoms with Crippen LogP contribution in [0.1, 0.15) is 23.2 Å². The molecule has 0 atom stereocenters. The molecule has 70 valence electrons. The van der Waals surface area contributed by atoms with Gasteiger partial charge in [-0.15, -0.1) is 0 Å². The molecule has 0 amide bonds. The van der Waals surface area contributed by atoms with Gasteiger partial charge in [0.25, 0.3) is 0 Å². The molecule has 13 heavy (non-hydrogen) atoms. The largest absolute Gasteiger partial charge is 0.461 e. The second-order valence-corrected chi connectivity index (χ2v) is 3.69. The number of esters is 1. The van der Waals surface area contributed by atoms with E-state index in [1.165, 1.54) is 0 Å². The molecule has 2 rings (SSSR count). The molecule has 2 heterocycles. The number of carbonyl (C=O) groups excluding carboxylic acids is 1. The first-order chi connectivity index (χ1) is 6.33. The van der Waals surface area contributed by atoms with E-state index in [9.17, 15) is 4.79 Å². The number of aromatic nitrogens is 2. The maximum atomic E-state index is 11.4. The summed E-state index contributed by atoms with van der Waals surface area (Å²) in [5, 5.41) is 0. The SMILES string of the molecule is CCOC(=O)c1cnc2n1SCC2. The Morgan fingerprint density at radius 3 is 3.46 bits per heavy atom. The van der Waals surface area contributed by atoms with E-state index in [0.29, 0.717) is 12.3 Å². The van der Waals surface area contributed by atoms with Gasteiger partial charge in [0.2, 0.25) is 0 Å². The Bertz CT molecular complexity index is 335. The Morgan fingerprint density at radius 2 is 2.69 bits per heavy atom. The number of imidazole rings is 1. The summed E-state index contributed by atoms with van der Waals surface area (Å²) in [6.45, 7) is 2.20. The van der Waals surface area contributed by atoms with Crippen LogP contribution in [0.3, 0.4) is 0 Å². The lowest BCUT2D eigenvalue weighted by Gasteiger charge is -2.02. The van der Waals surface area contributed by atoms with Crippen LogP contribution in [0.15, 0.2) is 6.20 Å². The molecule has 0 spiro atoms. The van der Waals surface area contributed by atoms with E-state index in [1.54, 1.807) is 25.1 Å². The Kier molecular flexibility index (Phi) is 2.26. The molecule has 0 unspecified atom stereocenters. The molecular weight excluding hydrogens is 188 g/mol. The Morgan fingerprint density at radius 1 is 1.85 bits per heavy atom. The van der Waals surface area contributed by atoms with E-state index in [1.807, 2.05) is 3.97 Å². The topological polar surface area (TPSA) is 44.1 Å². The lowest BCUT2D eigenvalue weighted by Crippen LogP contribution is -2.08. The zero-order valence-corrected chi connectivity index (χ0v) is 8.13. The summed E-state index contributed by atoms with van der Waals surface area (Å²) >= 11 is 1.61. The van der Waals surface area contributed by atoms with E-state index < -0.39 is 0 Å². The Hall–Kier alpha value is -0.970. The van der Waals surface area contributed by atoms with Crippen LogP contribution in [-0.2, 0) is 11.2 Å². The van der Waals surface area contributed by atoms with Crippen LogP contribution in [0.25, 0.3) is 0 Å². The number of ether oxygens (including phenoxy) is 1. The molecule has 0 aliphatic carbocycles. The fourth-order valence-corrected chi connectivity index (χ4v) is 2.26. The van der Waals surface area contributed by atoms with E-state index in [2.05, 4.69) is 4.98 Å². The predicted octanol–water partition coefficient (Wildman–Crippen LogP) is 1.11. The molecule has 0 N–H and O–H groups in total. The fourth-order valence-electron chi connectivity index (χ4n) is 1.26. The summed E-state index contributed by atoms with van der Waals surface area (Å²) in [5.74, 6) is 1.68. The van der Waals surface area contributed by atoms with Crippen molar-refractivity contribution in [1.29, 1.82) is 0 Å². The number of nitrogens with zero attached hydrogens (tertiary/aromatic N) is 2. The number of hydrogen-bond acceptors (Lipinski definition) is 4. The molecule has 5 heteroatoms. The Balaban J connectivity index is 2.26. The van der Waals surface area contributed by atoms with Crippen molar-refractivity contribution in [2.45, 2.75) is 13.3 Å². The lowest BCUT2D eigenvalue weighted by molar-refractivity contribution is 0.0518. The van der Waals surface area contributed by atoms with Gasteiger partial charge in [0.1, 0.15) is 5.82 Å². The predicted molar refractivity (Wildman–Crippen MR) is 49.7 cm³/mol. The highest BCUT2D eigenvalue weighted by Gasteiger charge is 2.21. The van der Waals surface area contributed by atoms with Crippen molar-refractivity contribution in [2.24, 2.45) is 0 Å². The minimum atomic E-state index is -0.282. The van der Waals surface area contributed by atoms with Crippen LogP contribution in [0.4, 0.5) is 0 Å². The maximum Gasteiger partial charge on any atom is 0.357 e. The fraction of sp³-hybridized carbons (Fsp3) is 0.500. The first-order valence-electron chi connectivity index (χ1n) is 4.20. The van der Waals surface area contributed by atoms with E-state index in [0.717, 1.165) is 18.0 Å². The molecule has 4 nitrogen and oxygen atoms in total. The minimum Gasteiger partial charge on any atom is -0.461 e. The first kappa shape index (κ1) is 8.62. The van der Waals surface area contributed by atoms with Gasteiger partial charge in [-0.2, -0.15) is 0 Å². The minimum absolute atomic E-state index is 0.282.